The fraction of sp³-hybridized carbons (Fsp3) is 0.125. The van der Waals surface area contributed by atoms with E-state index < -0.39 is 7.12 Å². The van der Waals surface area contributed by atoms with Crippen LogP contribution in [0.3, 0.4) is 0 Å². The van der Waals surface area contributed by atoms with Crippen molar-refractivity contribution in [3.63, 3.8) is 0 Å². The lowest BCUT2D eigenvalue weighted by Crippen LogP contribution is -2.31. The number of carbonyl (C=O) groups excluding carboxylic acids is 1. The number of carbonyl (C=O) groups is 1. The smallest absolute Gasteiger partial charge is 0.502 e. The van der Waals surface area contributed by atoms with Gasteiger partial charge in [0, 0.05) is 18.3 Å². The Morgan fingerprint density at radius 2 is 2.31 bits per heavy atom. The minimum Gasteiger partial charge on any atom is -0.502 e. The van der Waals surface area contributed by atoms with Crippen molar-refractivity contribution in [3.8, 4) is 0 Å². The van der Waals surface area contributed by atoms with Gasteiger partial charge in [0.25, 0.3) is 0 Å². The van der Waals surface area contributed by atoms with Crippen molar-refractivity contribution in [2.45, 2.75) is 0 Å². The Morgan fingerprint density at radius 3 is 3.00 bits per heavy atom. The molecule has 0 radical (unpaired) electrons. The van der Waals surface area contributed by atoms with E-state index in [0.29, 0.717) is 16.7 Å². The van der Waals surface area contributed by atoms with Gasteiger partial charge >= 0.3 is 13.1 Å². The average Bonchev–Trinajstić information content (AvgIpc) is 2.42. The molecule has 4 nitrogen and oxygen atoms in total. The van der Waals surface area contributed by atoms with E-state index in [0.717, 1.165) is 0 Å². The van der Waals surface area contributed by atoms with Crippen LogP contribution in [0.15, 0.2) is 18.2 Å². The van der Waals surface area contributed by atoms with Crippen molar-refractivity contribution in [3.05, 3.63) is 23.8 Å². The normalized spacial score (nSPS) is 14.2. The van der Waals surface area contributed by atoms with Gasteiger partial charge in [-0.25, -0.2) is 4.79 Å². The standard InChI is InChI=1S/C8H8BNO3/c1-12-9-7-4-5(10)2-3-6(7)8(11)13-9/h2-4H,10H2,1H3. The molecule has 1 heterocycles. The molecule has 2 N–H and O–H groups in total. The van der Waals surface area contributed by atoms with Crippen molar-refractivity contribution in [1.82, 2.24) is 0 Å². The van der Waals surface area contributed by atoms with Gasteiger partial charge in [0.05, 0.1) is 5.56 Å². The maximum absolute atomic E-state index is 11.2. The van der Waals surface area contributed by atoms with Crippen LogP contribution in [0.5, 0.6) is 0 Å². The molecule has 0 aromatic heterocycles. The molecule has 66 valence electrons. The van der Waals surface area contributed by atoms with Crippen molar-refractivity contribution in [2.24, 2.45) is 0 Å². The highest BCUT2D eigenvalue weighted by Gasteiger charge is 2.37. The van der Waals surface area contributed by atoms with Crippen LogP contribution in [-0.4, -0.2) is 20.2 Å². The Kier molecular flexibility index (Phi) is 1.74. The first kappa shape index (κ1) is 8.13. The van der Waals surface area contributed by atoms with Crippen LogP contribution in [0.4, 0.5) is 5.69 Å². The molecule has 1 aromatic carbocycles. The Morgan fingerprint density at radius 1 is 1.54 bits per heavy atom. The van der Waals surface area contributed by atoms with Gasteiger partial charge in [-0.2, -0.15) is 0 Å². The summed E-state index contributed by atoms with van der Waals surface area (Å²) < 4.78 is 9.88. The predicted octanol–water partition coefficient (Wildman–Crippen LogP) is -0.219. The molecule has 0 bridgehead atoms. The molecule has 0 fully saturated rings. The van der Waals surface area contributed by atoms with Crippen LogP contribution in [0.25, 0.3) is 0 Å². The largest absolute Gasteiger partial charge is 0.565 e. The zero-order chi connectivity index (χ0) is 9.42. The average molecular weight is 177 g/mol. The van der Waals surface area contributed by atoms with Crippen LogP contribution in [0.1, 0.15) is 10.4 Å². The fourth-order valence-electron chi connectivity index (χ4n) is 1.36. The van der Waals surface area contributed by atoms with Crippen molar-refractivity contribution < 1.29 is 14.1 Å². The van der Waals surface area contributed by atoms with Gasteiger partial charge < -0.3 is 15.0 Å². The number of fused-ring (bicyclic) bond motifs is 1. The van der Waals surface area contributed by atoms with Gasteiger partial charge in [-0.3, -0.25) is 0 Å². The molecule has 0 saturated carbocycles. The topological polar surface area (TPSA) is 61.5 Å². The Labute approximate surface area is 75.8 Å². The Balaban J connectivity index is 2.52. The summed E-state index contributed by atoms with van der Waals surface area (Å²) in [4.78, 5) is 11.2. The van der Waals surface area contributed by atoms with Gasteiger partial charge in [-0.1, -0.05) is 0 Å². The Bertz CT molecular complexity index is 366. The molecule has 13 heavy (non-hydrogen) atoms. The molecule has 0 atom stereocenters. The summed E-state index contributed by atoms with van der Waals surface area (Å²) in [5.74, 6) is -0.359. The van der Waals surface area contributed by atoms with E-state index in [1.54, 1.807) is 18.2 Å². The summed E-state index contributed by atoms with van der Waals surface area (Å²) in [6.45, 7) is 0. The minimum atomic E-state index is -0.606. The molecule has 0 saturated heterocycles. The first-order valence-corrected chi connectivity index (χ1v) is 3.85. The third-order valence-electron chi connectivity index (χ3n) is 1.98. The lowest BCUT2D eigenvalue weighted by molar-refractivity contribution is 0.0719. The summed E-state index contributed by atoms with van der Waals surface area (Å²) in [5.41, 5.74) is 7.40. The SMILES string of the molecule is COB1OC(=O)c2ccc(N)cc21. The zero-order valence-electron chi connectivity index (χ0n) is 7.11. The monoisotopic (exact) mass is 177 g/mol. The molecule has 0 spiro atoms. The molecule has 1 aromatic rings. The van der Waals surface area contributed by atoms with E-state index in [9.17, 15) is 4.79 Å². The van der Waals surface area contributed by atoms with E-state index in [2.05, 4.69) is 0 Å². The maximum Gasteiger partial charge on any atom is 0.565 e. The van der Waals surface area contributed by atoms with E-state index in [1.165, 1.54) is 7.11 Å². The first-order chi connectivity index (χ1) is 6.22. The van der Waals surface area contributed by atoms with E-state index in [-0.39, 0.29) is 5.97 Å². The molecule has 5 heteroatoms. The predicted molar refractivity (Wildman–Crippen MR) is 48.7 cm³/mol. The summed E-state index contributed by atoms with van der Waals surface area (Å²) >= 11 is 0. The number of nitrogens with two attached hydrogens (primary N) is 1. The molecule has 0 amide bonds. The van der Waals surface area contributed by atoms with Crippen LogP contribution in [0.2, 0.25) is 0 Å². The number of hydrogen-bond acceptors (Lipinski definition) is 4. The van der Waals surface area contributed by atoms with Gasteiger partial charge in [-0.15, -0.1) is 0 Å². The lowest BCUT2D eigenvalue weighted by atomic mass is 9.79. The van der Waals surface area contributed by atoms with Gasteiger partial charge in [0.2, 0.25) is 0 Å². The molecule has 0 aliphatic carbocycles. The molecule has 0 unspecified atom stereocenters. The minimum absolute atomic E-state index is 0.359. The molecule has 1 aliphatic heterocycles. The molecular formula is C8H8BNO3. The number of rotatable bonds is 1. The van der Waals surface area contributed by atoms with E-state index in [4.69, 9.17) is 15.0 Å². The Hall–Kier alpha value is -1.49. The molecule has 1 aliphatic rings. The highest BCUT2D eigenvalue weighted by atomic mass is 16.6. The van der Waals surface area contributed by atoms with Crippen molar-refractivity contribution in [2.75, 3.05) is 12.8 Å². The van der Waals surface area contributed by atoms with Gasteiger partial charge in [0.15, 0.2) is 0 Å². The highest BCUT2D eigenvalue weighted by Crippen LogP contribution is 2.13. The second-order valence-corrected chi connectivity index (χ2v) is 2.82. The lowest BCUT2D eigenvalue weighted by Gasteiger charge is -2.01. The summed E-state index contributed by atoms with van der Waals surface area (Å²) in [6, 6.07) is 5.00. The number of benzene rings is 1. The summed E-state index contributed by atoms with van der Waals surface area (Å²) in [7, 11) is 0.877. The fourth-order valence-corrected chi connectivity index (χ4v) is 1.36. The van der Waals surface area contributed by atoms with Crippen LogP contribution in [0, 0.1) is 0 Å². The second-order valence-electron chi connectivity index (χ2n) is 2.82. The van der Waals surface area contributed by atoms with E-state index >= 15 is 0 Å². The third-order valence-corrected chi connectivity index (χ3v) is 1.98. The molecular weight excluding hydrogens is 169 g/mol. The summed E-state index contributed by atoms with van der Waals surface area (Å²) in [5, 5.41) is 0. The van der Waals surface area contributed by atoms with Crippen molar-refractivity contribution in [1.29, 1.82) is 0 Å². The number of hydrogen-bond donors (Lipinski definition) is 1. The van der Waals surface area contributed by atoms with Gasteiger partial charge in [0.1, 0.15) is 0 Å². The quantitative estimate of drug-likeness (QED) is 0.475. The first-order valence-electron chi connectivity index (χ1n) is 3.85. The van der Waals surface area contributed by atoms with Crippen molar-refractivity contribution >= 4 is 24.2 Å². The van der Waals surface area contributed by atoms with Crippen LogP contribution in [-0.2, 0) is 9.31 Å². The van der Waals surface area contributed by atoms with Crippen LogP contribution < -0.4 is 11.2 Å². The second kappa shape index (κ2) is 2.78. The summed E-state index contributed by atoms with van der Waals surface area (Å²) in [6.07, 6.45) is 0. The number of nitrogen functional groups attached to an aromatic ring is 1. The maximum atomic E-state index is 11.2. The van der Waals surface area contributed by atoms with Crippen LogP contribution >= 0.6 is 0 Å². The third kappa shape index (κ3) is 1.17. The van der Waals surface area contributed by atoms with E-state index in [1.807, 2.05) is 0 Å². The number of anilines is 1. The zero-order valence-corrected chi connectivity index (χ0v) is 7.11. The van der Waals surface area contributed by atoms with Gasteiger partial charge in [-0.05, 0) is 18.2 Å². The highest BCUT2D eigenvalue weighted by molar-refractivity contribution is 6.67. The molecule has 2 rings (SSSR count).